The Morgan fingerprint density at radius 3 is 2.63 bits per heavy atom. The van der Waals surface area contributed by atoms with Gasteiger partial charge < -0.3 is 14.2 Å². The molecule has 3 aromatic carbocycles. The maximum Gasteiger partial charge on any atom is 0.363 e. The average Bonchev–Trinajstić information content (AvgIpc) is 3.18. The van der Waals surface area contributed by atoms with Crippen molar-refractivity contribution >= 4 is 39.6 Å². The van der Waals surface area contributed by atoms with Crippen LogP contribution in [0.4, 0.5) is 5.69 Å². The van der Waals surface area contributed by atoms with Gasteiger partial charge in [-0.15, -0.1) is 0 Å². The fraction of sp³-hybridized carbons (Fsp3) is 0.154. The Kier molecular flexibility index (Phi) is 7.26. The molecular weight excluding hydrogens is 516 g/mol. The molecule has 0 bridgehead atoms. The lowest BCUT2D eigenvalue weighted by atomic mass is 10.1. The summed E-state index contributed by atoms with van der Waals surface area (Å²) in [6.45, 7) is 4.26. The van der Waals surface area contributed by atoms with E-state index in [-0.39, 0.29) is 17.3 Å². The number of hydrogen-bond donors (Lipinski definition) is 0. The van der Waals surface area contributed by atoms with E-state index in [9.17, 15) is 14.9 Å². The number of aliphatic imine (C=N–C) groups is 1. The zero-order valence-corrected chi connectivity index (χ0v) is 20.6. The van der Waals surface area contributed by atoms with E-state index >= 15 is 0 Å². The molecule has 1 aliphatic heterocycles. The van der Waals surface area contributed by atoms with Gasteiger partial charge in [0.25, 0.3) is 5.69 Å². The number of rotatable bonds is 8. The third kappa shape index (κ3) is 5.58. The number of halogens is 1. The lowest BCUT2D eigenvalue weighted by molar-refractivity contribution is -0.385. The number of hydrogen-bond acceptors (Lipinski definition) is 7. The number of nitro groups is 1. The first-order valence-electron chi connectivity index (χ1n) is 10.8. The van der Waals surface area contributed by atoms with Crippen LogP contribution in [0, 0.1) is 17.0 Å². The van der Waals surface area contributed by atoms with Gasteiger partial charge >= 0.3 is 5.97 Å². The molecule has 0 radical (unpaired) electrons. The van der Waals surface area contributed by atoms with Crippen LogP contribution in [0.1, 0.15) is 29.2 Å². The van der Waals surface area contributed by atoms with Crippen molar-refractivity contribution in [3.05, 3.63) is 103 Å². The second-order valence-electron chi connectivity index (χ2n) is 7.60. The van der Waals surface area contributed by atoms with E-state index in [4.69, 9.17) is 14.2 Å². The first kappa shape index (κ1) is 24.2. The van der Waals surface area contributed by atoms with Crippen LogP contribution in [0.3, 0.4) is 0 Å². The Balaban J connectivity index is 1.59. The number of benzene rings is 3. The summed E-state index contributed by atoms with van der Waals surface area (Å²) in [5.74, 6) is 0.488. The molecule has 4 rings (SSSR count). The van der Waals surface area contributed by atoms with E-state index in [2.05, 4.69) is 20.9 Å². The van der Waals surface area contributed by atoms with Crippen molar-refractivity contribution in [2.75, 3.05) is 6.61 Å². The zero-order chi connectivity index (χ0) is 24.9. The fourth-order valence-electron chi connectivity index (χ4n) is 3.52. The molecule has 178 valence electrons. The minimum Gasteiger partial charge on any atom is -0.490 e. The molecule has 1 aliphatic rings. The molecule has 0 spiro atoms. The van der Waals surface area contributed by atoms with Gasteiger partial charge in [0.05, 0.1) is 11.5 Å². The summed E-state index contributed by atoms with van der Waals surface area (Å²) in [6.07, 6.45) is 1.57. The molecule has 8 nitrogen and oxygen atoms in total. The van der Waals surface area contributed by atoms with E-state index in [0.29, 0.717) is 41.4 Å². The van der Waals surface area contributed by atoms with Crippen LogP contribution >= 0.6 is 15.9 Å². The standard InChI is InChI=1S/C26H21BrN2O6/c1-3-33-24-14-17(10-11-23(24)34-15-18-6-4-7-19(27)12-18)13-21-26(30)35-25(28-21)20-8-5-9-22(16(20)2)29(31)32/h4-14H,3,15H2,1-2H3/b21-13-. The lowest BCUT2D eigenvalue weighted by Gasteiger charge is -2.13. The Bertz CT molecular complexity index is 1370. The van der Waals surface area contributed by atoms with E-state index in [1.54, 1.807) is 37.3 Å². The van der Waals surface area contributed by atoms with Gasteiger partial charge in [-0.05, 0) is 61.4 Å². The van der Waals surface area contributed by atoms with Gasteiger partial charge in [0.1, 0.15) is 6.61 Å². The Morgan fingerprint density at radius 1 is 1.09 bits per heavy atom. The van der Waals surface area contributed by atoms with Gasteiger partial charge in [-0.1, -0.05) is 40.2 Å². The number of carbonyl (C=O) groups is 1. The van der Waals surface area contributed by atoms with E-state index in [0.717, 1.165) is 10.0 Å². The highest BCUT2D eigenvalue weighted by Gasteiger charge is 2.27. The van der Waals surface area contributed by atoms with Gasteiger partial charge in [0.2, 0.25) is 5.90 Å². The zero-order valence-electron chi connectivity index (χ0n) is 19.0. The van der Waals surface area contributed by atoms with E-state index in [1.807, 2.05) is 31.2 Å². The predicted molar refractivity (Wildman–Crippen MR) is 135 cm³/mol. The maximum atomic E-state index is 12.5. The molecule has 0 aliphatic carbocycles. The molecule has 1 heterocycles. The van der Waals surface area contributed by atoms with Crippen molar-refractivity contribution in [3.8, 4) is 11.5 Å². The maximum absolute atomic E-state index is 12.5. The molecule has 35 heavy (non-hydrogen) atoms. The Labute approximate surface area is 210 Å². The second kappa shape index (κ2) is 10.5. The normalized spacial score (nSPS) is 14.0. The van der Waals surface area contributed by atoms with E-state index in [1.165, 1.54) is 12.1 Å². The molecule has 0 amide bonds. The van der Waals surface area contributed by atoms with Crippen LogP contribution < -0.4 is 9.47 Å². The highest BCUT2D eigenvalue weighted by atomic mass is 79.9. The van der Waals surface area contributed by atoms with Gasteiger partial charge in [-0.3, -0.25) is 10.1 Å². The molecule has 0 saturated carbocycles. The van der Waals surface area contributed by atoms with Crippen LogP contribution in [-0.2, 0) is 16.1 Å². The summed E-state index contributed by atoms with van der Waals surface area (Å²) in [6, 6.07) is 17.7. The predicted octanol–water partition coefficient (Wildman–Crippen LogP) is 5.99. The molecule has 0 unspecified atom stereocenters. The SMILES string of the molecule is CCOc1cc(/C=C2\N=C(c3cccc([N+](=O)[O-])c3C)OC2=O)ccc1OCc1cccc(Br)c1. The lowest BCUT2D eigenvalue weighted by Crippen LogP contribution is -2.08. The number of ether oxygens (including phenoxy) is 3. The summed E-state index contributed by atoms with van der Waals surface area (Å²) in [7, 11) is 0. The topological polar surface area (TPSA) is 100 Å². The Morgan fingerprint density at radius 2 is 1.89 bits per heavy atom. The smallest absolute Gasteiger partial charge is 0.363 e. The second-order valence-corrected chi connectivity index (χ2v) is 8.52. The molecule has 0 atom stereocenters. The number of nitrogens with zero attached hydrogens (tertiary/aromatic N) is 2. The third-order valence-electron chi connectivity index (χ3n) is 5.21. The number of carbonyl (C=O) groups excluding carboxylic acids is 1. The van der Waals surface area contributed by atoms with Crippen molar-refractivity contribution in [2.24, 2.45) is 4.99 Å². The first-order valence-corrected chi connectivity index (χ1v) is 11.6. The third-order valence-corrected chi connectivity index (χ3v) is 5.70. The molecule has 0 fully saturated rings. The quantitative estimate of drug-likeness (QED) is 0.152. The van der Waals surface area contributed by atoms with Crippen molar-refractivity contribution < 1.29 is 23.9 Å². The monoisotopic (exact) mass is 536 g/mol. The van der Waals surface area contributed by atoms with Gasteiger partial charge in [-0.2, -0.15) is 0 Å². The average molecular weight is 537 g/mol. The Hall–Kier alpha value is -3.98. The number of cyclic esters (lactones) is 1. The molecule has 0 saturated heterocycles. The number of esters is 1. The number of nitro benzene ring substituents is 1. The van der Waals surface area contributed by atoms with Crippen LogP contribution in [0.15, 0.2) is 75.8 Å². The van der Waals surface area contributed by atoms with Crippen molar-refractivity contribution in [3.63, 3.8) is 0 Å². The molecular formula is C26H21BrN2O6. The minimum absolute atomic E-state index is 0.0291. The van der Waals surface area contributed by atoms with Gasteiger partial charge in [0.15, 0.2) is 17.2 Å². The van der Waals surface area contributed by atoms with Crippen LogP contribution in [0.2, 0.25) is 0 Å². The van der Waals surface area contributed by atoms with Crippen LogP contribution in [-0.4, -0.2) is 23.4 Å². The van der Waals surface area contributed by atoms with Crippen LogP contribution in [0.5, 0.6) is 11.5 Å². The van der Waals surface area contributed by atoms with Crippen LogP contribution in [0.25, 0.3) is 6.08 Å². The first-order chi connectivity index (χ1) is 16.9. The van der Waals surface area contributed by atoms with Crippen molar-refractivity contribution in [1.82, 2.24) is 0 Å². The fourth-order valence-corrected chi connectivity index (χ4v) is 3.97. The molecule has 0 aromatic heterocycles. The summed E-state index contributed by atoms with van der Waals surface area (Å²) in [5, 5.41) is 11.2. The summed E-state index contributed by atoms with van der Waals surface area (Å²) in [5.41, 5.74) is 2.43. The molecule has 3 aromatic rings. The summed E-state index contributed by atoms with van der Waals surface area (Å²) >= 11 is 3.45. The van der Waals surface area contributed by atoms with Gasteiger partial charge in [-0.25, -0.2) is 9.79 Å². The summed E-state index contributed by atoms with van der Waals surface area (Å²) < 4.78 is 18.0. The van der Waals surface area contributed by atoms with Gasteiger partial charge in [0, 0.05) is 21.7 Å². The highest BCUT2D eigenvalue weighted by molar-refractivity contribution is 9.10. The van der Waals surface area contributed by atoms with E-state index < -0.39 is 10.9 Å². The summed E-state index contributed by atoms with van der Waals surface area (Å²) in [4.78, 5) is 27.5. The molecule has 9 heteroatoms. The highest BCUT2D eigenvalue weighted by Crippen LogP contribution is 2.31. The largest absolute Gasteiger partial charge is 0.490 e. The minimum atomic E-state index is -0.640. The molecule has 0 N–H and O–H groups in total. The van der Waals surface area contributed by atoms with Crippen molar-refractivity contribution in [2.45, 2.75) is 20.5 Å². The van der Waals surface area contributed by atoms with Crippen molar-refractivity contribution in [1.29, 1.82) is 0 Å².